The number of ether oxygens (including phenoxy) is 2. The number of fused-ring (bicyclic) bond motifs is 2. The van der Waals surface area contributed by atoms with Gasteiger partial charge in [0.25, 0.3) is 0 Å². The van der Waals surface area contributed by atoms with Gasteiger partial charge in [-0.3, -0.25) is 4.79 Å². The SMILES string of the molecule is O=C(c1ccc2c(c1)OCCO2)c1ccc2nc(-c3ccco3)c(-c3ccco3)nc2c1. The summed E-state index contributed by atoms with van der Waals surface area (Å²) in [7, 11) is 0. The van der Waals surface area contributed by atoms with Crippen LogP contribution < -0.4 is 9.47 Å². The highest BCUT2D eigenvalue weighted by Crippen LogP contribution is 2.33. The Labute approximate surface area is 182 Å². The molecule has 0 amide bonds. The zero-order chi connectivity index (χ0) is 21.5. The Morgan fingerprint density at radius 2 is 1.31 bits per heavy atom. The van der Waals surface area contributed by atoms with Crippen molar-refractivity contribution in [1.82, 2.24) is 9.97 Å². The number of benzene rings is 2. The van der Waals surface area contributed by atoms with E-state index < -0.39 is 0 Å². The molecule has 0 N–H and O–H groups in total. The van der Waals surface area contributed by atoms with Gasteiger partial charge in [-0.15, -0.1) is 0 Å². The number of rotatable bonds is 4. The molecule has 1 aliphatic rings. The van der Waals surface area contributed by atoms with Gasteiger partial charge < -0.3 is 18.3 Å². The van der Waals surface area contributed by atoms with Crippen LogP contribution in [0.25, 0.3) is 33.9 Å². The van der Waals surface area contributed by atoms with Gasteiger partial charge in [-0.2, -0.15) is 0 Å². The van der Waals surface area contributed by atoms with Gasteiger partial charge in [0.15, 0.2) is 28.8 Å². The van der Waals surface area contributed by atoms with E-state index in [2.05, 4.69) is 0 Å². The highest BCUT2D eigenvalue weighted by Gasteiger charge is 2.20. The van der Waals surface area contributed by atoms with Crippen LogP contribution in [0.4, 0.5) is 0 Å². The summed E-state index contributed by atoms with van der Waals surface area (Å²) in [5.74, 6) is 2.23. The molecule has 0 atom stereocenters. The number of hydrogen-bond acceptors (Lipinski definition) is 7. The summed E-state index contributed by atoms with van der Waals surface area (Å²) in [6.45, 7) is 0.964. The Kier molecular flexibility index (Phi) is 4.24. The summed E-state index contributed by atoms with van der Waals surface area (Å²) in [5.41, 5.74) is 3.35. The van der Waals surface area contributed by atoms with Gasteiger partial charge in [-0.25, -0.2) is 9.97 Å². The maximum atomic E-state index is 13.2. The number of ketones is 1. The van der Waals surface area contributed by atoms with E-state index in [0.29, 0.717) is 69.8 Å². The molecule has 0 fully saturated rings. The van der Waals surface area contributed by atoms with Crippen molar-refractivity contribution >= 4 is 16.8 Å². The second-order valence-corrected chi connectivity index (χ2v) is 7.27. The molecule has 7 heteroatoms. The molecule has 0 unspecified atom stereocenters. The molecule has 7 nitrogen and oxygen atoms in total. The van der Waals surface area contributed by atoms with Gasteiger partial charge in [-0.05, 0) is 60.7 Å². The van der Waals surface area contributed by atoms with Crippen molar-refractivity contribution in [3.8, 4) is 34.4 Å². The smallest absolute Gasteiger partial charge is 0.193 e. The molecular formula is C25H16N2O5. The van der Waals surface area contributed by atoms with Crippen LogP contribution >= 0.6 is 0 Å². The monoisotopic (exact) mass is 424 g/mol. The van der Waals surface area contributed by atoms with Gasteiger partial charge in [0, 0.05) is 11.1 Å². The summed E-state index contributed by atoms with van der Waals surface area (Å²) >= 11 is 0. The Balaban J connectivity index is 1.45. The Bertz CT molecular complexity index is 1440. The molecule has 0 radical (unpaired) electrons. The fourth-order valence-electron chi connectivity index (χ4n) is 3.72. The highest BCUT2D eigenvalue weighted by atomic mass is 16.6. The first kappa shape index (κ1) is 18.4. The quantitative estimate of drug-likeness (QED) is 0.369. The largest absolute Gasteiger partial charge is 0.486 e. The van der Waals surface area contributed by atoms with E-state index >= 15 is 0 Å². The minimum absolute atomic E-state index is 0.139. The molecule has 6 rings (SSSR count). The lowest BCUT2D eigenvalue weighted by molar-refractivity contribution is 0.103. The summed E-state index contributed by atoms with van der Waals surface area (Å²) in [4.78, 5) is 22.7. The number of carbonyl (C=O) groups is 1. The van der Waals surface area contributed by atoms with Crippen LogP contribution in [0.15, 0.2) is 82.0 Å². The van der Waals surface area contributed by atoms with E-state index in [4.69, 9.17) is 28.3 Å². The van der Waals surface area contributed by atoms with Crippen molar-refractivity contribution in [3.63, 3.8) is 0 Å². The molecule has 5 aromatic rings. The number of hydrogen-bond donors (Lipinski definition) is 0. The van der Waals surface area contributed by atoms with Crippen LogP contribution in [0.3, 0.4) is 0 Å². The zero-order valence-electron chi connectivity index (χ0n) is 16.8. The first-order valence-corrected chi connectivity index (χ1v) is 10.1. The topological polar surface area (TPSA) is 87.6 Å². The number of nitrogens with zero attached hydrogens (tertiary/aromatic N) is 2. The van der Waals surface area contributed by atoms with E-state index in [-0.39, 0.29) is 5.78 Å². The lowest BCUT2D eigenvalue weighted by Gasteiger charge is -2.18. The van der Waals surface area contributed by atoms with Crippen molar-refractivity contribution in [3.05, 3.63) is 84.3 Å². The standard InChI is InChI=1S/C25H16N2O5/c28-25(16-6-8-19-22(14-16)32-12-11-31-19)15-5-7-17-18(13-15)27-24(21-4-2-10-30-21)23(26-17)20-3-1-9-29-20/h1-10,13-14H,11-12H2. The average Bonchev–Trinajstić information content (AvgIpc) is 3.57. The molecule has 0 saturated carbocycles. The second kappa shape index (κ2) is 7.39. The van der Waals surface area contributed by atoms with Crippen molar-refractivity contribution in [2.24, 2.45) is 0 Å². The van der Waals surface area contributed by atoms with Crippen LogP contribution in [0.1, 0.15) is 15.9 Å². The second-order valence-electron chi connectivity index (χ2n) is 7.27. The first-order valence-electron chi connectivity index (χ1n) is 10.1. The van der Waals surface area contributed by atoms with Crippen LogP contribution in [0.2, 0.25) is 0 Å². The third-order valence-corrected chi connectivity index (χ3v) is 5.24. The fraction of sp³-hybridized carbons (Fsp3) is 0.0800. The van der Waals surface area contributed by atoms with E-state index in [1.807, 2.05) is 12.1 Å². The van der Waals surface area contributed by atoms with Gasteiger partial charge in [-0.1, -0.05) is 0 Å². The van der Waals surface area contributed by atoms with Gasteiger partial charge in [0.05, 0.1) is 23.6 Å². The van der Waals surface area contributed by atoms with Crippen molar-refractivity contribution in [2.45, 2.75) is 0 Å². The molecule has 1 aliphatic heterocycles. The summed E-state index contributed by atoms with van der Waals surface area (Å²) < 4.78 is 22.3. The minimum atomic E-state index is -0.139. The molecule has 32 heavy (non-hydrogen) atoms. The Morgan fingerprint density at radius 1 is 0.688 bits per heavy atom. The molecular weight excluding hydrogens is 408 g/mol. The van der Waals surface area contributed by atoms with E-state index in [1.165, 1.54) is 0 Å². The molecule has 0 bridgehead atoms. The van der Waals surface area contributed by atoms with Gasteiger partial charge in [0.2, 0.25) is 0 Å². The third-order valence-electron chi connectivity index (χ3n) is 5.24. The maximum absolute atomic E-state index is 13.2. The van der Waals surface area contributed by atoms with Crippen LogP contribution in [-0.4, -0.2) is 29.0 Å². The van der Waals surface area contributed by atoms with Gasteiger partial charge >= 0.3 is 0 Å². The highest BCUT2D eigenvalue weighted by molar-refractivity contribution is 6.10. The van der Waals surface area contributed by atoms with Gasteiger partial charge in [0.1, 0.15) is 24.6 Å². The predicted octanol–water partition coefficient (Wildman–Crippen LogP) is 5.15. The normalized spacial score (nSPS) is 12.8. The summed E-state index contributed by atoms with van der Waals surface area (Å²) in [6, 6.07) is 17.7. The summed E-state index contributed by atoms with van der Waals surface area (Å²) in [5, 5.41) is 0. The lowest BCUT2D eigenvalue weighted by Crippen LogP contribution is -2.15. The maximum Gasteiger partial charge on any atom is 0.193 e. The summed E-state index contributed by atoms with van der Waals surface area (Å²) in [6.07, 6.45) is 3.16. The minimum Gasteiger partial charge on any atom is -0.486 e. The fourth-order valence-corrected chi connectivity index (χ4v) is 3.72. The Hall–Kier alpha value is -4.39. The van der Waals surface area contributed by atoms with Crippen molar-refractivity contribution < 1.29 is 23.1 Å². The molecule has 4 heterocycles. The molecule has 3 aromatic heterocycles. The molecule has 0 saturated heterocycles. The lowest BCUT2D eigenvalue weighted by atomic mass is 10.0. The van der Waals surface area contributed by atoms with E-state index in [1.54, 1.807) is 61.1 Å². The molecule has 0 aliphatic carbocycles. The molecule has 0 spiro atoms. The van der Waals surface area contributed by atoms with E-state index in [0.717, 1.165) is 0 Å². The number of carbonyl (C=O) groups excluding carboxylic acids is 1. The number of furan rings is 2. The van der Waals surface area contributed by atoms with E-state index in [9.17, 15) is 4.79 Å². The zero-order valence-corrected chi connectivity index (χ0v) is 16.8. The average molecular weight is 424 g/mol. The predicted molar refractivity (Wildman–Crippen MR) is 116 cm³/mol. The number of aromatic nitrogens is 2. The third kappa shape index (κ3) is 3.11. The van der Waals surface area contributed by atoms with Crippen LogP contribution in [0, 0.1) is 0 Å². The first-order chi connectivity index (χ1) is 15.8. The van der Waals surface area contributed by atoms with Crippen LogP contribution in [-0.2, 0) is 0 Å². The van der Waals surface area contributed by atoms with Crippen LogP contribution in [0.5, 0.6) is 11.5 Å². The Morgan fingerprint density at radius 3 is 2.00 bits per heavy atom. The molecule has 2 aromatic carbocycles. The van der Waals surface area contributed by atoms with Crippen molar-refractivity contribution in [1.29, 1.82) is 0 Å². The molecule has 156 valence electrons. The van der Waals surface area contributed by atoms with Crippen molar-refractivity contribution in [2.75, 3.05) is 13.2 Å².